The molecule has 0 fully saturated rings. The molecule has 1 amide bonds. The Morgan fingerprint density at radius 1 is 1.00 bits per heavy atom. The molecule has 0 aliphatic rings. The van der Waals surface area contributed by atoms with Crippen LogP contribution in [0.15, 0.2) is 79.1 Å². The van der Waals surface area contributed by atoms with Gasteiger partial charge in [0.1, 0.15) is 11.3 Å². The van der Waals surface area contributed by atoms with E-state index in [1.807, 2.05) is 0 Å². The molecule has 0 spiro atoms. The van der Waals surface area contributed by atoms with Crippen molar-refractivity contribution in [3.05, 3.63) is 117 Å². The van der Waals surface area contributed by atoms with Crippen molar-refractivity contribution in [2.75, 3.05) is 0 Å². The lowest BCUT2D eigenvalue weighted by atomic mass is 10.0. The van der Waals surface area contributed by atoms with Crippen molar-refractivity contribution in [3.63, 3.8) is 0 Å². The highest BCUT2D eigenvalue weighted by molar-refractivity contribution is 6.12. The van der Waals surface area contributed by atoms with Gasteiger partial charge in [0, 0.05) is 42.2 Å². The Kier molecular flexibility index (Phi) is 7.04. The molecule has 0 saturated heterocycles. The van der Waals surface area contributed by atoms with Crippen molar-refractivity contribution in [1.82, 2.24) is 19.9 Å². The number of aromatic nitrogens is 3. The second kappa shape index (κ2) is 10.6. The summed E-state index contributed by atoms with van der Waals surface area (Å²) in [5, 5.41) is 38.3. The summed E-state index contributed by atoms with van der Waals surface area (Å²) >= 11 is 0. The fraction of sp³-hybridized carbons (Fsp3) is 0.0714. The number of hydrogen-bond acceptors (Lipinski definition) is 8. The Bertz CT molecular complexity index is 1870. The molecule has 0 radical (unpaired) electrons. The van der Waals surface area contributed by atoms with E-state index in [9.17, 15) is 43.1 Å². The van der Waals surface area contributed by atoms with Crippen molar-refractivity contribution in [2.45, 2.75) is 12.7 Å². The van der Waals surface area contributed by atoms with Gasteiger partial charge >= 0.3 is 11.9 Å². The van der Waals surface area contributed by atoms with Crippen LogP contribution in [0.2, 0.25) is 0 Å². The van der Waals surface area contributed by atoms with Crippen molar-refractivity contribution in [3.8, 4) is 22.8 Å². The first-order valence-corrected chi connectivity index (χ1v) is 12.1. The highest BCUT2D eigenvalue weighted by Gasteiger charge is 2.30. The molecule has 0 aliphatic carbocycles. The van der Waals surface area contributed by atoms with Gasteiger partial charge in [0.25, 0.3) is 5.91 Å². The summed E-state index contributed by atoms with van der Waals surface area (Å²) in [6.45, 7) is -0.102. The topological polar surface area (TPSA) is 160 Å². The monoisotopic (exact) mass is 577 g/mol. The maximum atomic E-state index is 13.0. The van der Waals surface area contributed by atoms with Crippen molar-refractivity contribution < 1.29 is 37.9 Å². The van der Waals surface area contributed by atoms with Crippen LogP contribution in [0.3, 0.4) is 0 Å². The molecule has 3 aromatic carbocycles. The zero-order chi connectivity index (χ0) is 30.2. The lowest BCUT2D eigenvalue weighted by molar-refractivity contribution is -0.385. The fourth-order valence-corrected chi connectivity index (χ4v) is 4.15. The van der Waals surface area contributed by atoms with E-state index in [0.29, 0.717) is 22.5 Å². The lowest BCUT2D eigenvalue weighted by Crippen LogP contribution is -2.23. The zero-order valence-corrected chi connectivity index (χ0v) is 21.2. The maximum Gasteiger partial charge on any atom is 0.416 e. The number of amides is 1. The van der Waals surface area contributed by atoms with Crippen LogP contribution in [0, 0.1) is 10.1 Å². The minimum Gasteiger partial charge on any atom is -0.507 e. The van der Waals surface area contributed by atoms with Gasteiger partial charge in [-0.25, -0.2) is 9.50 Å². The molecule has 0 unspecified atom stereocenters. The smallest absolute Gasteiger partial charge is 0.416 e. The zero-order valence-electron chi connectivity index (χ0n) is 21.2. The Morgan fingerprint density at radius 3 is 2.43 bits per heavy atom. The fourth-order valence-electron chi connectivity index (χ4n) is 4.15. The highest BCUT2D eigenvalue weighted by atomic mass is 19.4. The second-order valence-corrected chi connectivity index (χ2v) is 9.05. The number of nitrogens with one attached hydrogen (secondary N) is 1. The predicted molar refractivity (Wildman–Crippen MR) is 141 cm³/mol. The Balaban J connectivity index is 1.32. The van der Waals surface area contributed by atoms with E-state index in [1.54, 1.807) is 18.2 Å². The van der Waals surface area contributed by atoms with E-state index in [0.717, 1.165) is 24.3 Å². The van der Waals surface area contributed by atoms with Gasteiger partial charge in [-0.15, -0.1) is 0 Å². The standard InChI is InChI=1S/C28H18F3N5O6/c29-28(30,31)19-3-1-2-15(10-19)12-33-27(40)17-6-4-16(5-7-17)20-11-23-32-13-18(14-35(23)34-20)25(38)24-22(37)9-8-21(26(24)39)36(41)42/h1-11,13-14,37,39H,12H2,(H,33,40). The number of benzene rings is 3. The van der Waals surface area contributed by atoms with Gasteiger partial charge in [0.15, 0.2) is 5.65 Å². The first-order chi connectivity index (χ1) is 19.9. The van der Waals surface area contributed by atoms with Crippen LogP contribution >= 0.6 is 0 Å². The molecule has 11 nitrogen and oxygen atoms in total. The Hall–Kier alpha value is -5.79. The lowest BCUT2D eigenvalue weighted by Gasteiger charge is -2.10. The van der Waals surface area contributed by atoms with Crippen LogP contribution in [0.25, 0.3) is 16.9 Å². The molecular weight excluding hydrogens is 559 g/mol. The summed E-state index contributed by atoms with van der Waals surface area (Å²) in [4.78, 5) is 39.9. The summed E-state index contributed by atoms with van der Waals surface area (Å²) in [7, 11) is 0. The van der Waals surface area contributed by atoms with Gasteiger partial charge in [0.05, 0.1) is 21.7 Å². The Labute approximate surface area is 233 Å². The molecule has 212 valence electrons. The van der Waals surface area contributed by atoms with Gasteiger partial charge < -0.3 is 15.5 Å². The summed E-state index contributed by atoms with van der Waals surface area (Å²) in [5.74, 6) is -3.04. The first-order valence-electron chi connectivity index (χ1n) is 12.1. The third-order valence-corrected chi connectivity index (χ3v) is 6.28. The number of aromatic hydroxyl groups is 2. The highest BCUT2D eigenvalue weighted by Crippen LogP contribution is 2.37. The number of ketones is 1. The van der Waals surface area contributed by atoms with E-state index < -0.39 is 51.1 Å². The molecule has 14 heteroatoms. The average Bonchev–Trinajstić information content (AvgIpc) is 3.39. The van der Waals surface area contributed by atoms with Crippen LogP contribution < -0.4 is 5.32 Å². The number of carbonyl (C=O) groups excluding carboxylic acids is 2. The van der Waals surface area contributed by atoms with E-state index in [1.165, 1.54) is 41.2 Å². The first kappa shape index (κ1) is 27.8. The van der Waals surface area contributed by atoms with Gasteiger partial charge in [-0.3, -0.25) is 19.7 Å². The van der Waals surface area contributed by atoms with Crippen LogP contribution in [0.4, 0.5) is 18.9 Å². The number of nitro benzene ring substituents is 1. The van der Waals surface area contributed by atoms with E-state index in [-0.39, 0.29) is 17.7 Å². The third kappa shape index (κ3) is 5.45. The molecule has 42 heavy (non-hydrogen) atoms. The van der Waals surface area contributed by atoms with Crippen molar-refractivity contribution in [2.24, 2.45) is 0 Å². The molecule has 0 aliphatic heterocycles. The third-order valence-electron chi connectivity index (χ3n) is 6.28. The minimum atomic E-state index is -4.49. The van der Waals surface area contributed by atoms with Crippen LogP contribution in [-0.2, 0) is 12.7 Å². The number of fused-ring (bicyclic) bond motifs is 1. The quantitative estimate of drug-likeness (QED) is 0.140. The maximum absolute atomic E-state index is 13.0. The molecule has 3 N–H and O–H groups in total. The molecule has 0 atom stereocenters. The molecule has 5 aromatic rings. The van der Waals surface area contributed by atoms with Crippen molar-refractivity contribution >= 4 is 23.0 Å². The van der Waals surface area contributed by atoms with Gasteiger partial charge in [-0.1, -0.05) is 24.3 Å². The molecular formula is C28H18F3N5O6. The van der Waals surface area contributed by atoms with Gasteiger partial charge in [-0.05, 0) is 35.9 Å². The largest absolute Gasteiger partial charge is 0.507 e. The number of nitrogens with zero attached hydrogens (tertiary/aromatic N) is 4. The van der Waals surface area contributed by atoms with E-state index in [4.69, 9.17) is 0 Å². The second-order valence-electron chi connectivity index (χ2n) is 9.05. The van der Waals surface area contributed by atoms with Gasteiger partial charge in [0.2, 0.25) is 11.5 Å². The average molecular weight is 577 g/mol. The van der Waals surface area contributed by atoms with Crippen LogP contribution in [0.5, 0.6) is 11.5 Å². The predicted octanol–water partition coefficient (Wildman–Crippen LogP) is 4.90. The number of rotatable bonds is 7. The van der Waals surface area contributed by atoms with E-state index in [2.05, 4.69) is 15.4 Å². The van der Waals surface area contributed by atoms with Crippen molar-refractivity contribution in [1.29, 1.82) is 0 Å². The van der Waals surface area contributed by atoms with Crippen LogP contribution in [-0.4, -0.2) is 41.4 Å². The normalized spacial score (nSPS) is 11.4. The summed E-state index contributed by atoms with van der Waals surface area (Å²) in [6.07, 6.45) is -2.04. The molecule has 2 heterocycles. The SMILES string of the molecule is O=C(NCc1cccc(C(F)(F)F)c1)c1ccc(-c2cc3ncc(C(=O)c4c(O)ccc([N+](=O)[O-])c4O)cn3n2)cc1. The van der Waals surface area contributed by atoms with E-state index >= 15 is 0 Å². The molecule has 5 rings (SSSR count). The minimum absolute atomic E-state index is 0.102. The number of alkyl halides is 3. The summed E-state index contributed by atoms with van der Waals surface area (Å²) < 4.78 is 40.0. The number of carbonyl (C=O) groups is 2. The number of halogens is 3. The van der Waals surface area contributed by atoms with Crippen LogP contribution in [0.1, 0.15) is 37.4 Å². The van der Waals surface area contributed by atoms with Gasteiger partial charge in [-0.2, -0.15) is 18.3 Å². The number of phenolic OH excluding ortho intramolecular Hbond substituents is 2. The molecule has 0 bridgehead atoms. The Morgan fingerprint density at radius 2 is 1.74 bits per heavy atom. The number of phenols is 2. The molecule has 2 aromatic heterocycles. The number of nitro groups is 1. The number of hydrogen-bond donors (Lipinski definition) is 3. The summed E-state index contributed by atoms with van der Waals surface area (Å²) in [6, 6.07) is 14.3. The summed E-state index contributed by atoms with van der Waals surface area (Å²) in [5.41, 5.74) is -0.442. The molecule has 0 saturated carbocycles.